The van der Waals surface area contributed by atoms with Crippen LogP contribution >= 0.6 is 0 Å². The molecule has 0 spiro atoms. The molecule has 14 heavy (non-hydrogen) atoms. The minimum Gasteiger partial charge on any atom is -0.485 e. The summed E-state index contributed by atoms with van der Waals surface area (Å²) in [6, 6.07) is 8.38. The van der Waals surface area contributed by atoms with Crippen LogP contribution in [0.15, 0.2) is 24.3 Å². The number of rotatable bonds is 3. The molecule has 2 nitrogen and oxygen atoms in total. The van der Waals surface area contributed by atoms with Gasteiger partial charge in [0.2, 0.25) is 0 Å². The molecule has 0 radical (unpaired) electrons. The van der Waals surface area contributed by atoms with Crippen molar-refractivity contribution in [2.24, 2.45) is 0 Å². The van der Waals surface area contributed by atoms with Crippen molar-refractivity contribution in [1.82, 2.24) is 5.32 Å². The Morgan fingerprint density at radius 2 is 1.93 bits per heavy atom. The monoisotopic (exact) mass is 191 g/mol. The zero-order chi connectivity index (χ0) is 10.0. The molecule has 1 aromatic rings. The molecule has 0 atom stereocenters. The molecule has 1 aliphatic rings. The molecule has 1 saturated heterocycles. The van der Waals surface area contributed by atoms with Crippen LogP contribution in [-0.2, 0) is 6.42 Å². The topological polar surface area (TPSA) is 21.3 Å². The van der Waals surface area contributed by atoms with E-state index in [2.05, 4.69) is 43.4 Å². The molecule has 2 heteroatoms. The summed E-state index contributed by atoms with van der Waals surface area (Å²) in [6.45, 7) is 6.19. The first-order valence-corrected chi connectivity index (χ1v) is 5.20. The van der Waals surface area contributed by atoms with Gasteiger partial charge in [-0.05, 0) is 31.0 Å². The highest BCUT2D eigenvalue weighted by molar-refractivity contribution is 5.28. The fourth-order valence-electron chi connectivity index (χ4n) is 1.63. The maximum absolute atomic E-state index is 5.87. The predicted molar refractivity (Wildman–Crippen MR) is 57.7 cm³/mol. The van der Waals surface area contributed by atoms with E-state index in [4.69, 9.17) is 4.74 Å². The number of hydrogen-bond acceptors (Lipinski definition) is 2. The second kappa shape index (κ2) is 3.62. The van der Waals surface area contributed by atoms with Crippen molar-refractivity contribution in [1.29, 1.82) is 0 Å². The van der Waals surface area contributed by atoms with Crippen LogP contribution in [0.2, 0.25) is 0 Å². The van der Waals surface area contributed by atoms with Gasteiger partial charge in [0, 0.05) is 13.1 Å². The lowest BCUT2D eigenvalue weighted by Gasteiger charge is -2.39. The van der Waals surface area contributed by atoms with Crippen molar-refractivity contribution < 1.29 is 4.74 Å². The maximum Gasteiger partial charge on any atom is 0.131 e. The Kier molecular flexibility index (Phi) is 2.46. The van der Waals surface area contributed by atoms with Crippen molar-refractivity contribution in [3.05, 3.63) is 29.8 Å². The third-order valence-corrected chi connectivity index (χ3v) is 2.69. The van der Waals surface area contributed by atoms with Crippen molar-refractivity contribution in [3.63, 3.8) is 0 Å². The first kappa shape index (κ1) is 9.53. The van der Waals surface area contributed by atoms with Crippen LogP contribution in [0.25, 0.3) is 0 Å². The van der Waals surface area contributed by atoms with Gasteiger partial charge in [-0.25, -0.2) is 0 Å². The quantitative estimate of drug-likeness (QED) is 0.789. The zero-order valence-corrected chi connectivity index (χ0v) is 8.84. The lowest BCUT2D eigenvalue weighted by atomic mass is 10.00. The van der Waals surface area contributed by atoms with Gasteiger partial charge >= 0.3 is 0 Å². The van der Waals surface area contributed by atoms with E-state index in [0.29, 0.717) is 0 Å². The molecule has 1 fully saturated rings. The largest absolute Gasteiger partial charge is 0.485 e. The van der Waals surface area contributed by atoms with Crippen LogP contribution in [0.3, 0.4) is 0 Å². The van der Waals surface area contributed by atoms with E-state index in [1.165, 1.54) is 5.56 Å². The summed E-state index contributed by atoms with van der Waals surface area (Å²) < 4.78 is 5.87. The molecule has 1 N–H and O–H groups in total. The molecule has 0 saturated carbocycles. The van der Waals surface area contributed by atoms with Gasteiger partial charge < -0.3 is 10.1 Å². The maximum atomic E-state index is 5.87. The van der Waals surface area contributed by atoms with Crippen molar-refractivity contribution in [2.75, 3.05) is 13.1 Å². The minimum atomic E-state index is 0.00767. The van der Waals surface area contributed by atoms with E-state index in [1.807, 2.05) is 0 Å². The van der Waals surface area contributed by atoms with Crippen LogP contribution in [0.1, 0.15) is 19.4 Å². The molecule has 1 heterocycles. The molecule has 2 rings (SSSR count). The van der Waals surface area contributed by atoms with Crippen molar-refractivity contribution in [2.45, 2.75) is 25.9 Å². The molecule has 0 unspecified atom stereocenters. The molecular weight excluding hydrogens is 174 g/mol. The fraction of sp³-hybridized carbons (Fsp3) is 0.500. The second-order valence-corrected chi connectivity index (χ2v) is 4.15. The molecule has 1 aromatic carbocycles. The van der Waals surface area contributed by atoms with Gasteiger partial charge in [-0.15, -0.1) is 0 Å². The van der Waals surface area contributed by atoms with Gasteiger partial charge in [-0.1, -0.05) is 19.1 Å². The van der Waals surface area contributed by atoms with E-state index in [1.54, 1.807) is 0 Å². The van der Waals surface area contributed by atoms with Gasteiger partial charge in [0.1, 0.15) is 11.4 Å². The Balaban J connectivity index is 2.02. The average molecular weight is 191 g/mol. The average Bonchev–Trinajstić information content (AvgIpc) is 2.17. The lowest BCUT2D eigenvalue weighted by Crippen LogP contribution is -2.60. The third-order valence-electron chi connectivity index (χ3n) is 2.69. The number of benzene rings is 1. The van der Waals surface area contributed by atoms with E-state index >= 15 is 0 Å². The van der Waals surface area contributed by atoms with Crippen molar-refractivity contribution >= 4 is 0 Å². The summed E-state index contributed by atoms with van der Waals surface area (Å²) in [7, 11) is 0. The second-order valence-electron chi connectivity index (χ2n) is 4.15. The van der Waals surface area contributed by atoms with E-state index < -0.39 is 0 Å². The Morgan fingerprint density at radius 3 is 2.36 bits per heavy atom. The van der Waals surface area contributed by atoms with E-state index in [0.717, 1.165) is 25.3 Å². The van der Waals surface area contributed by atoms with E-state index in [-0.39, 0.29) is 5.60 Å². The Bertz CT molecular complexity index is 301. The predicted octanol–water partition coefficient (Wildman–Crippen LogP) is 1.99. The van der Waals surface area contributed by atoms with Gasteiger partial charge in [-0.3, -0.25) is 0 Å². The molecule has 0 aliphatic carbocycles. The summed E-state index contributed by atoms with van der Waals surface area (Å²) in [6.07, 6.45) is 1.08. The van der Waals surface area contributed by atoms with Gasteiger partial charge in [0.25, 0.3) is 0 Å². The minimum absolute atomic E-state index is 0.00767. The first-order valence-electron chi connectivity index (χ1n) is 5.20. The number of ether oxygens (including phenoxy) is 1. The first-order chi connectivity index (χ1) is 6.72. The summed E-state index contributed by atoms with van der Waals surface area (Å²) in [4.78, 5) is 0. The Morgan fingerprint density at radius 1 is 1.29 bits per heavy atom. The normalized spacial score (nSPS) is 18.7. The van der Waals surface area contributed by atoms with Gasteiger partial charge in [0.15, 0.2) is 0 Å². The molecule has 76 valence electrons. The highest BCUT2D eigenvalue weighted by Crippen LogP contribution is 2.21. The molecule has 1 aliphatic heterocycles. The van der Waals surface area contributed by atoms with Crippen LogP contribution in [0, 0.1) is 0 Å². The molecular formula is C12H17NO. The number of nitrogens with one attached hydrogen (secondary N) is 1. The summed E-state index contributed by atoms with van der Waals surface area (Å²) in [5.41, 5.74) is 1.36. The standard InChI is InChI=1S/C12H17NO/c1-3-10-4-6-11(7-5-10)14-12(2)8-13-9-12/h4-7,13H,3,8-9H2,1-2H3. The summed E-state index contributed by atoms with van der Waals surface area (Å²) in [5.74, 6) is 0.978. The Labute approximate surface area is 85.3 Å². The molecule has 0 aromatic heterocycles. The van der Waals surface area contributed by atoms with Gasteiger partial charge in [0.05, 0.1) is 0 Å². The fourth-order valence-corrected chi connectivity index (χ4v) is 1.63. The molecule has 0 amide bonds. The highest BCUT2D eigenvalue weighted by atomic mass is 16.5. The SMILES string of the molecule is CCc1ccc(OC2(C)CNC2)cc1. The van der Waals surface area contributed by atoms with Crippen LogP contribution in [0.5, 0.6) is 5.75 Å². The Hall–Kier alpha value is -1.02. The highest BCUT2D eigenvalue weighted by Gasteiger charge is 2.33. The summed E-state index contributed by atoms with van der Waals surface area (Å²) >= 11 is 0. The number of hydrogen-bond donors (Lipinski definition) is 1. The van der Waals surface area contributed by atoms with Crippen LogP contribution in [0.4, 0.5) is 0 Å². The van der Waals surface area contributed by atoms with Crippen LogP contribution in [-0.4, -0.2) is 18.7 Å². The third kappa shape index (κ3) is 1.90. The number of aryl methyl sites for hydroxylation is 1. The summed E-state index contributed by atoms with van der Waals surface area (Å²) in [5, 5.41) is 3.22. The lowest BCUT2D eigenvalue weighted by molar-refractivity contribution is 0.0349. The zero-order valence-electron chi connectivity index (χ0n) is 8.84. The van der Waals surface area contributed by atoms with Crippen LogP contribution < -0.4 is 10.1 Å². The van der Waals surface area contributed by atoms with Gasteiger partial charge in [-0.2, -0.15) is 0 Å². The smallest absolute Gasteiger partial charge is 0.131 e. The van der Waals surface area contributed by atoms with E-state index in [9.17, 15) is 0 Å². The molecule has 0 bridgehead atoms. The van der Waals surface area contributed by atoms with Crippen molar-refractivity contribution in [3.8, 4) is 5.75 Å².